The van der Waals surface area contributed by atoms with E-state index in [1.54, 1.807) is 12.1 Å². The number of halogens is 1. The minimum absolute atomic E-state index is 0. The zero-order valence-electron chi connectivity index (χ0n) is 14.4. The molecule has 0 spiro atoms. The minimum atomic E-state index is -4.90. The molecule has 0 saturated carbocycles. The Kier molecular flexibility index (Phi) is 6.43. The molecule has 4 rings (SSSR count). The Labute approximate surface area is 203 Å². The molecule has 1 aliphatic heterocycles. The van der Waals surface area contributed by atoms with Gasteiger partial charge in [-0.25, -0.2) is 4.98 Å². The molecular formula is C17H13ClKN3O4S. The molecule has 0 fully saturated rings. The first kappa shape index (κ1) is 20.9. The summed E-state index contributed by atoms with van der Waals surface area (Å²) in [6.07, 6.45) is 1.06. The van der Waals surface area contributed by atoms with Gasteiger partial charge in [-0.1, -0.05) is 47.1 Å². The van der Waals surface area contributed by atoms with Crippen LogP contribution in [-0.2, 0) is 27.6 Å². The fraction of sp³-hybridized carbons (Fsp3) is 0.176. The van der Waals surface area contributed by atoms with Gasteiger partial charge in [-0.15, -0.1) is 0 Å². The first-order valence-electron chi connectivity index (χ1n) is 7.85. The van der Waals surface area contributed by atoms with Crippen molar-refractivity contribution >= 4 is 38.7 Å². The average Bonchev–Trinajstić information content (AvgIpc) is 2.97. The molecule has 0 saturated heterocycles. The Morgan fingerprint density at radius 2 is 1.96 bits per heavy atom. The van der Waals surface area contributed by atoms with Gasteiger partial charge in [0.1, 0.15) is 11.3 Å². The third-order valence-corrected chi connectivity index (χ3v) is 4.81. The van der Waals surface area contributed by atoms with Crippen LogP contribution in [0.15, 0.2) is 47.6 Å². The average molecular weight is 430 g/mol. The molecule has 0 atom stereocenters. The first-order valence-corrected chi connectivity index (χ1v) is 9.57. The predicted molar refractivity (Wildman–Crippen MR) is 95.9 cm³/mol. The van der Waals surface area contributed by atoms with E-state index in [0.717, 1.165) is 16.9 Å². The van der Waals surface area contributed by atoms with Crippen LogP contribution in [0.1, 0.15) is 23.4 Å². The second-order valence-corrected chi connectivity index (χ2v) is 7.28. The third kappa shape index (κ3) is 4.46. The van der Waals surface area contributed by atoms with Gasteiger partial charge < -0.3 is 9.12 Å². The zero-order chi connectivity index (χ0) is 18.3. The molecule has 1 aliphatic rings. The molecule has 1 aromatic heterocycles. The quantitative estimate of drug-likeness (QED) is 0.249. The fourth-order valence-corrected chi connectivity index (χ4v) is 3.55. The van der Waals surface area contributed by atoms with Crippen LogP contribution < -0.4 is 51.4 Å². The van der Waals surface area contributed by atoms with Gasteiger partial charge in [0.25, 0.3) is 10.4 Å². The van der Waals surface area contributed by atoms with Crippen LogP contribution in [0, 0.1) is 0 Å². The monoisotopic (exact) mass is 429 g/mol. The van der Waals surface area contributed by atoms with Crippen molar-refractivity contribution in [2.24, 2.45) is 5.16 Å². The van der Waals surface area contributed by atoms with Crippen LogP contribution in [0.3, 0.4) is 0 Å². The van der Waals surface area contributed by atoms with Crippen molar-refractivity contribution < 1.29 is 68.6 Å². The van der Waals surface area contributed by atoms with E-state index < -0.39 is 10.4 Å². The molecular weight excluding hydrogens is 417 g/mol. The zero-order valence-corrected chi connectivity index (χ0v) is 19.1. The van der Waals surface area contributed by atoms with Gasteiger partial charge in [0.2, 0.25) is 0 Å². The Bertz CT molecular complexity index is 1130. The van der Waals surface area contributed by atoms with Gasteiger partial charge in [0, 0.05) is 24.9 Å². The number of oxime groups is 1. The summed E-state index contributed by atoms with van der Waals surface area (Å²) in [5, 5.41) is 4.03. The van der Waals surface area contributed by atoms with Crippen molar-refractivity contribution in [3.8, 4) is 0 Å². The number of rotatable bonds is 4. The van der Waals surface area contributed by atoms with Crippen molar-refractivity contribution in [3.05, 3.63) is 64.4 Å². The van der Waals surface area contributed by atoms with Crippen LogP contribution in [0.25, 0.3) is 11.0 Å². The van der Waals surface area contributed by atoms with Crippen molar-refractivity contribution in [2.75, 3.05) is 0 Å². The maximum atomic E-state index is 10.7. The summed E-state index contributed by atoms with van der Waals surface area (Å²) < 4.78 is 38.2. The molecule has 0 amide bonds. The summed E-state index contributed by atoms with van der Waals surface area (Å²) in [5.74, 6) is 0.858. The largest absolute Gasteiger partial charge is 1.00 e. The summed E-state index contributed by atoms with van der Waals surface area (Å²) in [6, 6.07) is 13.4. The van der Waals surface area contributed by atoms with E-state index in [-0.39, 0.29) is 51.4 Å². The van der Waals surface area contributed by atoms with Gasteiger partial charge in [-0.2, -0.15) is 8.42 Å². The molecule has 7 nitrogen and oxygen atoms in total. The summed E-state index contributed by atoms with van der Waals surface area (Å²) in [7, 11) is -4.90. The molecule has 0 radical (unpaired) electrons. The van der Waals surface area contributed by atoms with E-state index >= 15 is 0 Å². The Hall–Kier alpha value is -0.784. The van der Waals surface area contributed by atoms with Gasteiger partial charge >= 0.3 is 51.4 Å². The Morgan fingerprint density at radius 1 is 1.22 bits per heavy atom. The molecule has 0 bridgehead atoms. The number of imidazole rings is 1. The molecule has 3 aromatic rings. The number of aromatic nitrogens is 2. The first-order chi connectivity index (χ1) is 12.4. The molecule has 0 unspecified atom stereocenters. The number of hydrogen-bond donors (Lipinski definition) is 0. The van der Waals surface area contributed by atoms with Crippen LogP contribution in [-0.4, -0.2) is 28.2 Å². The van der Waals surface area contributed by atoms with E-state index in [0.29, 0.717) is 41.2 Å². The molecule has 0 N–H and O–H groups in total. The number of hydrogen-bond acceptors (Lipinski definition) is 6. The van der Waals surface area contributed by atoms with Crippen molar-refractivity contribution in [1.82, 2.24) is 9.55 Å². The number of aryl methyl sites for hydroxylation is 1. The van der Waals surface area contributed by atoms with Crippen molar-refractivity contribution in [3.63, 3.8) is 0 Å². The van der Waals surface area contributed by atoms with Crippen LogP contribution in [0.4, 0.5) is 0 Å². The summed E-state index contributed by atoms with van der Waals surface area (Å²) in [6.45, 7) is 0.535. The van der Waals surface area contributed by atoms with Gasteiger partial charge in [0.05, 0.1) is 16.3 Å². The Morgan fingerprint density at radius 3 is 2.67 bits per heavy atom. The van der Waals surface area contributed by atoms with Crippen molar-refractivity contribution in [2.45, 2.75) is 19.4 Å². The topological polar surface area (TPSA) is 96.6 Å². The number of benzene rings is 2. The smallest absolute Gasteiger partial charge is 0.714 e. The van der Waals surface area contributed by atoms with Crippen LogP contribution >= 0.6 is 11.6 Å². The van der Waals surface area contributed by atoms with E-state index in [9.17, 15) is 13.0 Å². The Balaban J connectivity index is 0.00000210. The normalized spacial score (nSPS) is 15.0. The van der Waals surface area contributed by atoms with Crippen molar-refractivity contribution in [1.29, 1.82) is 0 Å². The molecule has 134 valence electrons. The maximum absolute atomic E-state index is 10.7. The molecule has 10 heteroatoms. The standard InChI is InChI=1S/C17H14ClN3O4S.K/c18-13-7-6-12-14(20-25-26(22,23)24)8-9-21-15(19-16(13)17(12)21)10-11-4-2-1-3-5-11;/h1-7H,8-10H2,(H,22,23,24);/q;+1/p-1/b20-14+;. The summed E-state index contributed by atoms with van der Waals surface area (Å²) >= 11 is 6.30. The predicted octanol–water partition coefficient (Wildman–Crippen LogP) is -0.131. The molecule has 2 aromatic carbocycles. The SMILES string of the molecule is O=S(=O)([O-])O/N=C1\CCn2c(Cc3ccccc3)nc3c(Cl)ccc1c32.[K+]. The van der Waals surface area contributed by atoms with Gasteiger partial charge in [0.15, 0.2) is 0 Å². The second-order valence-electron chi connectivity index (χ2n) is 5.90. The van der Waals surface area contributed by atoms with E-state index in [4.69, 9.17) is 11.6 Å². The van der Waals surface area contributed by atoms with E-state index in [1.807, 2.05) is 34.9 Å². The van der Waals surface area contributed by atoms with Gasteiger partial charge in [-0.05, 0) is 17.7 Å². The van der Waals surface area contributed by atoms with E-state index in [1.165, 1.54) is 0 Å². The fourth-order valence-electron chi connectivity index (χ4n) is 3.18. The van der Waals surface area contributed by atoms with E-state index in [2.05, 4.69) is 14.4 Å². The third-order valence-electron chi connectivity index (χ3n) is 4.25. The molecule has 2 heterocycles. The minimum Gasteiger partial charge on any atom is -0.714 e. The van der Waals surface area contributed by atoms with Crippen LogP contribution in [0.2, 0.25) is 5.02 Å². The summed E-state index contributed by atoms with van der Waals surface area (Å²) in [5.41, 5.74) is 3.54. The van der Waals surface area contributed by atoms with Gasteiger partial charge in [-0.3, -0.25) is 4.28 Å². The maximum Gasteiger partial charge on any atom is 1.00 e. The molecule has 0 aliphatic carbocycles. The molecule has 27 heavy (non-hydrogen) atoms. The number of nitrogens with zero attached hydrogens (tertiary/aromatic N) is 3. The summed E-state index contributed by atoms with van der Waals surface area (Å²) in [4.78, 5) is 4.68. The second kappa shape index (κ2) is 8.30. The van der Waals surface area contributed by atoms with Crippen LogP contribution in [0.5, 0.6) is 0 Å².